The lowest BCUT2D eigenvalue weighted by Gasteiger charge is -2.36. The number of carbonyl (C=O) groups is 2. The molecule has 2 aliphatic heterocycles. The summed E-state index contributed by atoms with van der Waals surface area (Å²) in [5.41, 5.74) is 0.643. The molecule has 1 N–H and O–H groups in total. The van der Waals surface area contributed by atoms with Gasteiger partial charge in [-0.05, 0) is 24.3 Å². The number of piperazine rings is 1. The van der Waals surface area contributed by atoms with Gasteiger partial charge >= 0.3 is 0 Å². The van der Waals surface area contributed by atoms with E-state index in [1.807, 2.05) is 4.90 Å². The maximum Gasteiger partial charge on any atom is 0.253 e. The van der Waals surface area contributed by atoms with Gasteiger partial charge in [0.05, 0.1) is 20.3 Å². The molecule has 26 heavy (non-hydrogen) atoms. The number of hydrogen-bond acceptors (Lipinski definition) is 5. The molecule has 2 heterocycles. The van der Waals surface area contributed by atoms with E-state index in [0.29, 0.717) is 51.4 Å². The number of carbonyl (C=O) groups excluding carboxylic acids is 2. The maximum absolute atomic E-state index is 12.5. The standard InChI is InChI=1S/C18H25N3O4.ClH/c1-24-16-4-2-14(3-5-16)18(23)21-9-7-20(8-10-21)17(22)12-15-13-25-11-6-19-15;/h2-5,15,19H,6-13H2,1H3;1H. The van der Waals surface area contributed by atoms with Gasteiger partial charge in [-0.1, -0.05) is 0 Å². The molecule has 2 aliphatic rings. The highest BCUT2D eigenvalue weighted by molar-refractivity contribution is 5.94. The van der Waals surface area contributed by atoms with Gasteiger partial charge in [-0.15, -0.1) is 12.4 Å². The van der Waals surface area contributed by atoms with Crippen LogP contribution in [0.1, 0.15) is 16.8 Å². The summed E-state index contributed by atoms with van der Waals surface area (Å²) in [4.78, 5) is 28.6. The van der Waals surface area contributed by atoms with Crippen molar-refractivity contribution >= 4 is 24.2 Å². The predicted octanol–water partition coefficient (Wildman–Crippen LogP) is 0.780. The van der Waals surface area contributed by atoms with E-state index in [1.165, 1.54) is 0 Å². The largest absolute Gasteiger partial charge is 0.497 e. The molecule has 3 rings (SSSR count). The molecule has 8 heteroatoms. The molecule has 2 saturated heterocycles. The van der Waals surface area contributed by atoms with Crippen molar-refractivity contribution in [1.29, 1.82) is 0 Å². The van der Waals surface area contributed by atoms with Gasteiger partial charge in [-0.25, -0.2) is 0 Å². The van der Waals surface area contributed by atoms with Crippen molar-refractivity contribution in [2.24, 2.45) is 0 Å². The number of benzene rings is 1. The molecule has 0 saturated carbocycles. The third kappa shape index (κ3) is 5.09. The van der Waals surface area contributed by atoms with Crippen LogP contribution in [0, 0.1) is 0 Å². The summed E-state index contributed by atoms with van der Waals surface area (Å²) in [5, 5.41) is 3.30. The van der Waals surface area contributed by atoms with Crippen LogP contribution in [0.3, 0.4) is 0 Å². The van der Waals surface area contributed by atoms with Crippen LogP contribution in [0.5, 0.6) is 5.75 Å². The topological polar surface area (TPSA) is 71.1 Å². The van der Waals surface area contributed by atoms with Crippen molar-refractivity contribution in [3.8, 4) is 5.75 Å². The summed E-state index contributed by atoms with van der Waals surface area (Å²) in [7, 11) is 1.60. The van der Waals surface area contributed by atoms with Gasteiger partial charge in [0.25, 0.3) is 5.91 Å². The molecule has 2 amide bonds. The number of nitrogens with one attached hydrogen (secondary N) is 1. The van der Waals surface area contributed by atoms with E-state index in [1.54, 1.807) is 36.3 Å². The molecule has 1 aromatic rings. The lowest BCUT2D eigenvalue weighted by molar-refractivity contribution is -0.133. The molecule has 1 unspecified atom stereocenters. The highest BCUT2D eigenvalue weighted by atomic mass is 35.5. The first-order valence-electron chi connectivity index (χ1n) is 8.69. The number of morpholine rings is 1. The first kappa shape index (κ1) is 20.5. The van der Waals surface area contributed by atoms with Crippen LogP contribution in [0.4, 0.5) is 0 Å². The molecule has 7 nitrogen and oxygen atoms in total. The van der Waals surface area contributed by atoms with Gasteiger partial charge in [0.1, 0.15) is 5.75 Å². The van der Waals surface area contributed by atoms with Crippen molar-refractivity contribution in [3.05, 3.63) is 29.8 Å². The molecule has 0 bridgehead atoms. The van der Waals surface area contributed by atoms with E-state index in [2.05, 4.69) is 5.32 Å². The fraction of sp³-hybridized carbons (Fsp3) is 0.556. The van der Waals surface area contributed by atoms with Crippen molar-refractivity contribution in [2.75, 3.05) is 53.0 Å². The van der Waals surface area contributed by atoms with E-state index >= 15 is 0 Å². The number of hydrogen-bond donors (Lipinski definition) is 1. The Kier molecular flexibility index (Phi) is 7.68. The molecule has 0 radical (unpaired) electrons. The van der Waals surface area contributed by atoms with Crippen molar-refractivity contribution in [1.82, 2.24) is 15.1 Å². The van der Waals surface area contributed by atoms with Crippen LogP contribution >= 0.6 is 12.4 Å². The summed E-state index contributed by atoms with van der Waals surface area (Å²) in [6, 6.07) is 7.21. The molecule has 1 aromatic carbocycles. The minimum Gasteiger partial charge on any atom is -0.497 e. The average molecular weight is 384 g/mol. The van der Waals surface area contributed by atoms with E-state index in [0.717, 1.165) is 12.3 Å². The Balaban J connectivity index is 0.00000243. The van der Waals surface area contributed by atoms with Crippen LogP contribution in [0.2, 0.25) is 0 Å². The lowest BCUT2D eigenvalue weighted by Crippen LogP contribution is -2.52. The Morgan fingerprint density at radius 1 is 1.15 bits per heavy atom. The number of halogens is 1. The zero-order valence-electron chi connectivity index (χ0n) is 15.0. The number of amides is 2. The summed E-state index contributed by atoms with van der Waals surface area (Å²) in [5.74, 6) is 0.851. The van der Waals surface area contributed by atoms with Gasteiger partial charge in [0.2, 0.25) is 5.91 Å². The van der Waals surface area contributed by atoms with Gasteiger partial charge in [0, 0.05) is 50.7 Å². The summed E-state index contributed by atoms with van der Waals surface area (Å²) >= 11 is 0. The third-order valence-electron chi connectivity index (χ3n) is 4.68. The van der Waals surface area contributed by atoms with Gasteiger partial charge in [-0.3, -0.25) is 9.59 Å². The number of nitrogens with zero attached hydrogens (tertiary/aromatic N) is 2. The number of rotatable bonds is 4. The molecule has 0 aliphatic carbocycles. The molecular weight excluding hydrogens is 358 g/mol. The van der Waals surface area contributed by atoms with Crippen LogP contribution in [-0.4, -0.2) is 80.7 Å². The fourth-order valence-electron chi connectivity index (χ4n) is 3.17. The zero-order valence-corrected chi connectivity index (χ0v) is 15.8. The van der Waals surface area contributed by atoms with Crippen LogP contribution in [-0.2, 0) is 9.53 Å². The van der Waals surface area contributed by atoms with Gasteiger partial charge in [-0.2, -0.15) is 0 Å². The fourth-order valence-corrected chi connectivity index (χ4v) is 3.17. The highest BCUT2D eigenvalue weighted by Gasteiger charge is 2.26. The Hall–Kier alpha value is -1.83. The second kappa shape index (κ2) is 9.75. The first-order valence-corrected chi connectivity index (χ1v) is 8.69. The smallest absolute Gasteiger partial charge is 0.253 e. The Bertz CT molecular complexity index is 597. The van der Waals surface area contributed by atoms with E-state index in [9.17, 15) is 9.59 Å². The Morgan fingerprint density at radius 2 is 1.81 bits per heavy atom. The summed E-state index contributed by atoms with van der Waals surface area (Å²) < 4.78 is 10.5. The van der Waals surface area contributed by atoms with Crippen LogP contribution in [0.15, 0.2) is 24.3 Å². The monoisotopic (exact) mass is 383 g/mol. The van der Waals surface area contributed by atoms with Gasteiger partial charge in [0.15, 0.2) is 0 Å². The van der Waals surface area contributed by atoms with Crippen molar-refractivity contribution < 1.29 is 19.1 Å². The molecule has 144 valence electrons. The van der Waals surface area contributed by atoms with Crippen LogP contribution < -0.4 is 10.1 Å². The summed E-state index contributed by atoms with van der Waals surface area (Å²) in [6.07, 6.45) is 0.451. The molecule has 0 spiro atoms. The maximum atomic E-state index is 12.5. The Morgan fingerprint density at radius 3 is 2.38 bits per heavy atom. The van der Waals surface area contributed by atoms with Crippen molar-refractivity contribution in [2.45, 2.75) is 12.5 Å². The Labute approximate surface area is 160 Å². The van der Waals surface area contributed by atoms with E-state index < -0.39 is 0 Å². The second-order valence-corrected chi connectivity index (χ2v) is 6.33. The molecule has 0 aromatic heterocycles. The van der Waals surface area contributed by atoms with Crippen molar-refractivity contribution in [3.63, 3.8) is 0 Å². The zero-order chi connectivity index (χ0) is 17.6. The third-order valence-corrected chi connectivity index (χ3v) is 4.68. The molecule has 2 fully saturated rings. The quantitative estimate of drug-likeness (QED) is 0.832. The second-order valence-electron chi connectivity index (χ2n) is 6.33. The van der Waals surface area contributed by atoms with Gasteiger partial charge < -0.3 is 24.6 Å². The minimum absolute atomic E-state index is 0. The first-order chi connectivity index (χ1) is 12.2. The van der Waals surface area contributed by atoms with E-state index in [4.69, 9.17) is 9.47 Å². The van der Waals surface area contributed by atoms with Crippen LogP contribution in [0.25, 0.3) is 0 Å². The summed E-state index contributed by atoms with van der Waals surface area (Å²) in [6.45, 7) is 4.36. The molecule has 1 atom stereocenters. The normalized spacial score (nSPS) is 20.3. The minimum atomic E-state index is -0.00269. The predicted molar refractivity (Wildman–Crippen MR) is 100.0 cm³/mol. The lowest BCUT2D eigenvalue weighted by atomic mass is 10.1. The average Bonchev–Trinajstić information content (AvgIpc) is 2.68. The number of ether oxygens (including phenoxy) is 2. The number of methoxy groups -OCH3 is 1. The SMILES string of the molecule is COc1ccc(C(=O)N2CCN(C(=O)CC3COCCN3)CC2)cc1.Cl. The van der Waals surface area contributed by atoms with E-state index in [-0.39, 0.29) is 30.3 Å². The molecular formula is C18H26ClN3O4. The highest BCUT2D eigenvalue weighted by Crippen LogP contribution is 2.15.